The highest BCUT2D eigenvalue weighted by atomic mass is 16.2. The van der Waals surface area contributed by atoms with Gasteiger partial charge in [0.15, 0.2) is 0 Å². The van der Waals surface area contributed by atoms with Crippen LogP contribution in [-0.4, -0.2) is 28.0 Å². The number of aromatic nitrogens is 1. The van der Waals surface area contributed by atoms with E-state index in [4.69, 9.17) is 0 Å². The van der Waals surface area contributed by atoms with Crippen molar-refractivity contribution in [3.8, 4) is 11.3 Å². The lowest BCUT2D eigenvalue weighted by Crippen LogP contribution is -2.64. The number of rotatable bonds is 2. The number of fused-ring (bicyclic) bond motifs is 2. The number of urea groups is 1. The maximum Gasteiger partial charge on any atom is 0.322 e. The number of carbonyl (C=O) groups is 1. The van der Waals surface area contributed by atoms with Gasteiger partial charge in [0.05, 0.1) is 5.69 Å². The first-order chi connectivity index (χ1) is 11.6. The lowest BCUT2D eigenvalue weighted by molar-refractivity contribution is -0.0178. The molecule has 2 bridgehead atoms. The van der Waals surface area contributed by atoms with Gasteiger partial charge in [-0.25, -0.2) is 4.79 Å². The lowest BCUT2D eigenvalue weighted by atomic mass is 9.73. The normalized spacial score (nSPS) is 25.1. The summed E-state index contributed by atoms with van der Waals surface area (Å²) in [6.45, 7) is 4.32. The standard InChI is InChI=1S/C20H23N3O/c1-13-6-8-15(11-17(13)18-5-3-4-10-21-18)22-20(24)23-16-9-7-14(2)19(23)12-16/h3-6,8,10-11,14,16,19H,7,9,12H2,1-2H3,(H,22,24)/t14-,16+,19+/m1/s1. The Kier molecular flexibility index (Phi) is 3.75. The van der Waals surface area contributed by atoms with Gasteiger partial charge in [0, 0.05) is 29.5 Å². The molecule has 0 radical (unpaired) electrons. The minimum absolute atomic E-state index is 0.0404. The molecule has 2 aliphatic rings. The Hall–Kier alpha value is -2.36. The number of carbonyl (C=O) groups excluding carboxylic acids is 1. The zero-order chi connectivity index (χ0) is 16.7. The molecular weight excluding hydrogens is 298 g/mol. The highest BCUT2D eigenvalue weighted by Gasteiger charge is 2.47. The van der Waals surface area contributed by atoms with Crippen LogP contribution in [0.2, 0.25) is 0 Å². The first-order valence-corrected chi connectivity index (χ1v) is 8.75. The number of nitrogens with one attached hydrogen (secondary N) is 1. The number of nitrogens with zero attached hydrogens (tertiary/aromatic N) is 2. The number of hydrogen-bond donors (Lipinski definition) is 1. The van der Waals surface area contributed by atoms with E-state index >= 15 is 0 Å². The second kappa shape index (κ2) is 5.93. The summed E-state index contributed by atoms with van der Waals surface area (Å²) in [5.41, 5.74) is 3.98. The maximum atomic E-state index is 12.7. The summed E-state index contributed by atoms with van der Waals surface area (Å²) in [6, 6.07) is 12.8. The Morgan fingerprint density at radius 1 is 1.25 bits per heavy atom. The molecule has 0 spiro atoms. The smallest absolute Gasteiger partial charge is 0.318 e. The molecule has 24 heavy (non-hydrogen) atoms. The molecule has 0 aliphatic carbocycles. The molecule has 1 aromatic carbocycles. The summed E-state index contributed by atoms with van der Waals surface area (Å²) >= 11 is 0. The second-order valence-corrected chi connectivity index (χ2v) is 7.09. The molecule has 2 aromatic rings. The topological polar surface area (TPSA) is 45.2 Å². The predicted molar refractivity (Wildman–Crippen MR) is 95.9 cm³/mol. The molecule has 1 aromatic heterocycles. The fourth-order valence-electron chi connectivity index (χ4n) is 4.05. The zero-order valence-corrected chi connectivity index (χ0v) is 14.2. The molecule has 4 heteroatoms. The first-order valence-electron chi connectivity index (χ1n) is 8.75. The third-order valence-corrected chi connectivity index (χ3v) is 5.54. The van der Waals surface area contributed by atoms with Gasteiger partial charge in [-0.15, -0.1) is 0 Å². The van der Waals surface area contributed by atoms with Gasteiger partial charge >= 0.3 is 6.03 Å². The molecule has 124 valence electrons. The minimum Gasteiger partial charge on any atom is -0.318 e. The summed E-state index contributed by atoms with van der Waals surface area (Å²) in [5.74, 6) is 0.614. The first kappa shape index (κ1) is 15.2. The van der Waals surface area contributed by atoms with Gasteiger partial charge < -0.3 is 10.2 Å². The Morgan fingerprint density at radius 2 is 2.12 bits per heavy atom. The van der Waals surface area contributed by atoms with Crippen LogP contribution in [0.5, 0.6) is 0 Å². The van der Waals surface area contributed by atoms with E-state index in [1.807, 2.05) is 36.4 Å². The van der Waals surface area contributed by atoms with Crippen LogP contribution >= 0.6 is 0 Å². The van der Waals surface area contributed by atoms with Crippen molar-refractivity contribution in [3.63, 3.8) is 0 Å². The molecule has 3 atom stereocenters. The van der Waals surface area contributed by atoms with E-state index in [9.17, 15) is 4.79 Å². The van der Waals surface area contributed by atoms with Crippen LogP contribution in [0, 0.1) is 12.8 Å². The van der Waals surface area contributed by atoms with Gasteiger partial charge in [-0.2, -0.15) is 0 Å². The summed E-state index contributed by atoms with van der Waals surface area (Å²) in [4.78, 5) is 19.2. The molecule has 4 rings (SSSR count). The fraction of sp³-hybridized carbons (Fsp3) is 0.400. The fourth-order valence-corrected chi connectivity index (χ4v) is 4.05. The van der Waals surface area contributed by atoms with Crippen LogP contribution in [0.4, 0.5) is 10.5 Å². The van der Waals surface area contributed by atoms with Crippen LogP contribution < -0.4 is 5.32 Å². The lowest BCUT2D eigenvalue weighted by Gasteiger charge is -2.55. The monoisotopic (exact) mass is 321 g/mol. The quantitative estimate of drug-likeness (QED) is 0.887. The zero-order valence-electron chi connectivity index (χ0n) is 14.2. The molecule has 2 fully saturated rings. The summed E-state index contributed by atoms with van der Waals surface area (Å²) in [6.07, 6.45) is 5.34. The van der Waals surface area contributed by atoms with Crippen LogP contribution in [0.1, 0.15) is 31.7 Å². The van der Waals surface area contributed by atoms with Crippen LogP contribution in [0.3, 0.4) is 0 Å². The number of anilines is 1. The van der Waals surface area contributed by atoms with Gasteiger partial charge in [-0.05, 0) is 61.9 Å². The maximum absolute atomic E-state index is 12.7. The number of benzene rings is 1. The number of pyridine rings is 1. The summed E-state index contributed by atoms with van der Waals surface area (Å²) in [7, 11) is 0. The van der Waals surface area contributed by atoms with Crippen molar-refractivity contribution < 1.29 is 4.79 Å². The highest BCUT2D eigenvalue weighted by Crippen LogP contribution is 2.42. The van der Waals surface area contributed by atoms with Crippen molar-refractivity contribution in [2.45, 2.75) is 45.2 Å². The average Bonchev–Trinajstić information content (AvgIpc) is 2.57. The number of aryl methyl sites for hydroxylation is 1. The van der Waals surface area contributed by atoms with E-state index in [0.717, 1.165) is 28.9 Å². The van der Waals surface area contributed by atoms with Crippen LogP contribution in [0.25, 0.3) is 11.3 Å². The van der Waals surface area contributed by atoms with E-state index in [0.29, 0.717) is 18.0 Å². The molecule has 0 saturated carbocycles. The summed E-state index contributed by atoms with van der Waals surface area (Å²) < 4.78 is 0. The van der Waals surface area contributed by atoms with Crippen molar-refractivity contribution in [1.82, 2.24) is 9.88 Å². The molecule has 2 saturated heterocycles. The van der Waals surface area contributed by atoms with Crippen LogP contribution in [-0.2, 0) is 0 Å². The number of piperidine rings is 1. The molecule has 3 heterocycles. The highest BCUT2D eigenvalue weighted by molar-refractivity contribution is 5.91. The number of amides is 2. The van der Waals surface area contributed by atoms with Gasteiger partial charge in [0.25, 0.3) is 0 Å². The van der Waals surface area contributed by atoms with Crippen molar-refractivity contribution in [2.24, 2.45) is 5.92 Å². The van der Waals surface area contributed by atoms with E-state index < -0.39 is 0 Å². The largest absolute Gasteiger partial charge is 0.322 e. The van der Waals surface area contributed by atoms with Crippen molar-refractivity contribution >= 4 is 11.7 Å². The van der Waals surface area contributed by atoms with Gasteiger partial charge in [0.2, 0.25) is 0 Å². The predicted octanol–water partition coefficient (Wildman–Crippen LogP) is 4.46. The molecule has 1 N–H and O–H groups in total. The van der Waals surface area contributed by atoms with Crippen molar-refractivity contribution in [3.05, 3.63) is 48.2 Å². The van der Waals surface area contributed by atoms with Crippen molar-refractivity contribution in [2.75, 3.05) is 5.32 Å². The average molecular weight is 321 g/mol. The van der Waals surface area contributed by atoms with Crippen LogP contribution in [0.15, 0.2) is 42.6 Å². The molecule has 2 amide bonds. The Balaban J connectivity index is 1.54. The van der Waals surface area contributed by atoms with E-state index in [1.54, 1.807) is 6.20 Å². The Labute approximate surface area is 142 Å². The Bertz CT molecular complexity index is 757. The van der Waals surface area contributed by atoms with Gasteiger partial charge in [-0.1, -0.05) is 19.1 Å². The third kappa shape index (κ3) is 2.56. The Morgan fingerprint density at radius 3 is 2.83 bits per heavy atom. The van der Waals surface area contributed by atoms with E-state index in [-0.39, 0.29) is 6.03 Å². The number of hydrogen-bond acceptors (Lipinski definition) is 2. The summed E-state index contributed by atoms with van der Waals surface area (Å²) in [5, 5.41) is 3.09. The van der Waals surface area contributed by atoms with Gasteiger partial charge in [-0.3, -0.25) is 4.98 Å². The second-order valence-electron chi connectivity index (χ2n) is 7.09. The van der Waals surface area contributed by atoms with Gasteiger partial charge in [0.1, 0.15) is 0 Å². The van der Waals surface area contributed by atoms with Crippen molar-refractivity contribution in [1.29, 1.82) is 0 Å². The molecule has 4 nitrogen and oxygen atoms in total. The molecular formula is C20H23N3O. The van der Waals surface area contributed by atoms with E-state index in [2.05, 4.69) is 29.0 Å². The minimum atomic E-state index is 0.0404. The third-order valence-electron chi connectivity index (χ3n) is 5.54. The SMILES string of the molecule is Cc1ccc(NC(=O)N2[C@H]3CC[C@@H](C)[C@@H]2C3)cc1-c1ccccn1. The molecule has 0 unspecified atom stereocenters. The molecule has 2 aliphatic heterocycles. The van der Waals surface area contributed by atoms with E-state index in [1.165, 1.54) is 12.8 Å².